The Balaban J connectivity index is 3.28. The zero-order valence-corrected chi connectivity index (χ0v) is 13.1. The molecule has 0 fully saturated rings. The first-order chi connectivity index (χ1) is 10.8. The average Bonchev–Trinajstić information content (AvgIpc) is 2.49. The van der Waals surface area contributed by atoms with E-state index in [2.05, 4.69) is 4.74 Å². The quantitative estimate of drug-likeness (QED) is 0.152. The number of ketones is 1. The Hall–Kier alpha value is -2.68. The van der Waals surface area contributed by atoms with E-state index in [0.717, 1.165) is 13.0 Å². The Bertz CT molecular complexity index is 696. The molecule has 8 nitrogen and oxygen atoms in total. The summed E-state index contributed by atoms with van der Waals surface area (Å²) in [5.74, 6) is -3.14. The molecular formula is C14H13NO7S. The number of carbonyl (C=O) groups excluding carboxylic acids is 2. The highest BCUT2D eigenvalue weighted by atomic mass is 32.2. The molecule has 0 spiro atoms. The van der Waals surface area contributed by atoms with Crippen molar-refractivity contribution in [2.45, 2.75) is 11.8 Å². The lowest BCUT2D eigenvalue weighted by atomic mass is 10.1. The smallest absolute Gasteiger partial charge is 0.339 e. The number of hydrogen-bond donors (Lipinski definition) is 1. The third-order valence-electron chi connectivity index (χ3n) is 2.66. The largest absolute Gasteiger partial charge is 0.478 e. The van der Waals surface area contributed by atoms with E-state index in [1.165, 1.54) is 30.0 Å². The van der Waals surface area contributed by atoms with Crippen LogP contribution in [0.1, 0.15) is 12.5 Å². The van der Waals surface area contributed by atoms with Crippen LogP contribution in [0, 0.1) is 10.1 Å². The van der Waals surface area contributed by atoms with Crippen molar-refractivity contribution in [3.05, 3.63) is 39.4 Å². The number of hydrogen-bond acceptors (Lipinski definition) is 7. The van der Waals surface area contributed by atoms with Crippen LogP contribution in [-0.4, -0.2) is 40.6 Å². The van der Waals surface area contributed by atoms with Crippen LogP contribution in [0.15, 0.2) is 28.7 Å². The van der Waals surface area contributed by atoms with Crippen LogP contribution < -0.4 is 0 Å². The van der Waals surface area contributed by atoms with Gasteiger partial charge in [0.1, 0.15) is 5.57 Å². The van der Waals surface area contributed by atoms with E-state index in [9.17, 15) is 24.5 Å². The molecule has 23 heavy (non-hydrogen) atoms. The molecule has 0 aliphatic carbocycles. The second-order valence-corrected chi connectivity index (χ2v) is 5.10. The zero-order chi connectivity index (χ0) is 17.6. The molecule has 1 aromatic rings. The molecule has 0 aromatic heterocycles. The summed E-state index contributed by atoms with van der Waals surface area (Å²) >= 11 is 1.24. The van der Waals surface area contributed by atoms with Gasteiger partial charge in [-0.3, -0.25) is 19.7 Å². The number of esters is 1. The number of rotatable bonds is 7. The summed E-state index contributed by atoms with van der Waals surface area (Å²) in [7, 11) is 0. The number of Topliss-reactive ketones (excluding diaryl/α,β-unsaturated/α-hetero) is 1. The topological polar surface area (TPSA) is 124 Å². The Kier molecular flexibility index (Phi) is 6.46. The monoisotopic (exact) mass is 339 g/mol. The number of ether oxygens (including phenoxy) is 1. The fourth-order valence-electron chi connectivity index (χ4n) is 1.61. The fourth-order valence-corrected chi connectivity index (χ4v) is 2.17. The first-order valence-corrected chi connectivity index (χ1v) is 7.42. The Labute approximate surface area is 135 Å². The highest BCUT2D eigenvalue weighted by Crippen LogP contribution is 2.27. The normalized spacial score (nSPS) is 11.0. The van der Waals surface area contributed by atoms with Crippen molar-refractivity contribution in [1.29, 1.82) is 0 Å². The zero-order valence-electron chi connectivity index (χ0n) is 12.3. The molecule has 1 aromatic carbocycles. The lowest BCUT2D eigenvalue weighted by molar-refractivity contribution is -0.384. The summed E-state index contributed by atoms with van der Waals surface area (Å²) in [6, 6.07) is 3.92. The number of thioether (sulfide) groups is 1. The van der Waals surface area contributed by atoms with Crippen molar-refractivity contribution >= 4 is 41.2 Å². The number of carboxylic acid groups (broad SMARTS) is 1. The first-order valence-electron chi connectivity index (χ1n) is 6.20. The van der Waals surface area contributed by atoms with Gasteiger partial charge >= 0.3 is 11.9 Å². The summed E-state index contributed by atoms with van der Waals surface area (Å²) in [5.41, 5.74) is -0.631. The minimum atomic E-state index is -1.51. The maximum Gasteiger partial charge on any atom is 0.339 e. The second-order valence-electron chi connectivity index (χ2n) is 4.25. The number of nitro groups is 1. The van der Waals surface area contributed by atoms with Crippen molar-refractivity contribution in [1.82, 2.24) is 0 Å². The summed E-state index contributed by atoms with van der Waals surface area (Å²) in [4.78, 5) is 44.5. The second kappa shape index (κ2) is 8.08. The van der Waals surface area contributed by atoms with Crippen LogP contribution in [0.2, 0.25) is 0 Å². The van der Waals surface area contributed by atoms with Crippen molar-refractivity contribution in [2.75, 3.05) is 12.9 Å². The van der Waals surface area contributed by atoms with Crippen LogP contribution in [0.4, 0.5) is 5.69 Å². The molecule has 0 saturated heterocycles. The van der Waals surface area contributed by atoms with Crippen LogP contribution >= 0.6 is 11.8 Å². The first kappa shape index (κ1) is 18.4. The van der Waals surface area contributed by atoms with E-state index in [4.69, 9.17) is 5.11 Å². The molecule has 0 atom stereocenters. The molecule has 0 radical (unpaired) electrons. The highest BCUT2D eigenvalue weighted by Gasteiger charge is 2.20. The van der Waals surface area contributed by atoms with Gasteiger partial charge in [0, 0.05) is 24.0 Å². The van der Waals surface area contributed by atoms with Crippen LogP contribution in [0.3, 0.4) is 0 Å². The van der Waals surface area contributed by atoms with Crippen LogP contribution in [-0.2, 0) is 19.1 Å². The van der Waals surface area contributed by atoms with Crippen molar-refractivity contribution in [2.24, 2.45) is 0 Å². The van der Waals surface area contributed by atoms with E-state index in [0.29, 0.717) is 4.90 Å². The van der Waals surface area contributed by atoms with Gasteiger partial charge in [0.15, 0.2) is 6.61 Å². The molecule has 0 unspecified atom stereocenters. The van der Waals surface area contributed by atoms with Gasteiger partial charge in [-0.1, -0.05) is 0 Å². The molecule has 122 valence electrons. The maximum absolute atomic E-state index is 11.8. The molecule has 0 amide bonds. The van der Waals surface area contributed by atoms with Gasteiger partial charge in [0.05, 0.1) is 4.92 Å². The standard InChI is InChI=1S/C14H13NO7S/c1-8(16)22-7-12(17)11(14(18)19)6-9-5-10(15(20)21)3-4-13(9)23-2/h3-6H,7H2,1-2H3,(H,18,19)/b11-6+. The van der Waals surface area contributed by atoms with Gasteiger partial charge in [0.2, 0.25) is 5.78 Å². The van der Waals surface area contributed by atoms with E-state index in [1.807, 2.05) is 0 Å². The molecule has 1 N–H and O–H groups in total. The molecule has 1 rings (SSSR count). The van der Waals surface area contributed by atoms with Crippen molar-refractivity contribution in [3.63, 3.8) is 0 Å². The number of nitro benzene ring substituents is 1. The number of aliphatic carboxylic acids is 1. The van der Waals surface area contributed by atoms with Gasteiger partial charge in [-0.15, -0.1) is 11.8 Å². The average molecular weight is 339 g/mol. The third kappa shape index (κ3) is 5.22. The number of nitrogens with zero attached hydrogens (tertiary/aromatic N) is 1. The van der Waals surface area contributed by atoms with Crippen molar-refractivity contribution < 1.29 is 29.2 Å². The molecular weight excluding hydrogens is 326 g/mol. The van der Waals surface area contributed by atoms with Crippen LogP contribution in [0.25, 0.3) is 6.08 Å². The van der Waals surface area contributed by atoms with Gasteiger partial charge in [-0.05, 0) is 24.0 Å². The molecule has 0 aliphatic rings. The summed E-state index contributed by atoms with van der Waals surface area (Å²) in [6.45, 7) is 0.376. The predicted octanol–water partition coefficient (Wildman–Crippen LogP) is 1.92. The number of non-ortho nitro benzene ring substituents is 1. The molecule has 0 saturated carbocycles. The molecule has 9 heteroatoms. The number of carboxylic acids is 1. The molecule has 0 aliphatic heterocycles. The Morgan fingerprint density at radius 3 is 2.52 bits per heavy atom. The number of benzene rings is 1. The number of carbonyl (C=O) groups is 3. The maximum atomic E-state index is 11.8. The lowest BCUT2D eigenvalue weighted by Gasteiger charge is -2.06. The molecule has 0 bridgehead atoms. The van der Waals surface area contributed by atoms with Crippen molar-refractivity contribution in [3.8, 4) is 0 Å². The SMILES string of the molecule is CSc1ccc([N+](=O)[O-])cc1/C=C(/C(=O)O)C(=O)COC(C)=O. The highest BCUT2D eigenvalue weighted by molar-refractivity contribution is 7.98. The fraction of sp³-hybridized carbons (Fsp3) is 0.214. The van der Waals surface area contributed by atoms with Gasteiger partial charge in [0.25, 0.3) is 5.69 Å². The van der Waals surface area contributed by atoms with E-state index in [-0.39, 0.29) is 11.3 Å². The van der Waals surface area contributed by atoms with Gasteiger partial charge in [-0.25, -0.2) is 4.79 Å². The van der Waals surface area contributed by atoms with Gasteiger partial charge in [-0.2, -0.15) is 0 Å². The Morgan fingerprint density at radius 2 is 2.04 bits per heavy atom. The lowest BCUT2D eigenvalue weighted by Crippen LogP contribution is -2.19. The van der Waals surface area contributed by atoms with E-state index >= 15 is 0 Å². The van der Waals surface area contributed by atoms with E-state index < -0.39 is 34.8 Å². The van der Waals surface area contributed by atoms with E-state index in [1.54, 1.807) is 6.26 Å². The van der Waals surface area contributed by atoms with Gasteiger partial charge < -0.3 is 9.84 Å². The summed E-state index contributed by atoms with van der Waals surface area (Å²) in [6.07, 6.45) is 2.74. The third-order valence-corrected chi connectivity index (χ3v) is 3.47. The minimum absolute atomic E-state index is 0.222. The molecule has 0 heterocycles. The Morgan fingerprint density at radius 1 is 1.39 bits per heavy atom. The predicted molar refractivity (Wildman–Crippen MR) is 82.1 cm³/mol. The van der Waals surface area contributed by atoms with Crippen LogP contribution in [0.5, 0.6) is 0 Å². The summed E-state index contributed by atoms with van der Waals surface area (Å²) < 4.78 is 4.48. The minimum Gasteiger partial charge on any atom is -0.478 e. The summed E-state index contributed by atoms with van der Waals surface area (Å²) in [5, 5.41) is 20.0.